The molecule has 3 unspecified atom stereocenters. The van der Waals surface area contributed by atoms with Crippen molar-refractivity contribution in [1.29, 1.82) is 0 Å². The van der Waals surface area contributed by atoms with Crippen LogP contribution in [0.3, 0.4) is 0 Å². The van der Waals surface area contributed by atoms with Crippen LogP contribution < -0.4 is 5.32 Å². The Morgan fingerprint density at radius 1 is 1.05 bits per heavy atom. The molecular weight excluding hydrogens is 230 g/mol. The van der Waals surface area contributed by atoms with Gasteiger partial charge in [-0.3, -0.25) is 0 Å². The number of hydrogen-bond acceptors (Lipinski definition) is 1. The zero-order valence-electron chi connectivity index (χ0n) is 13.7. The van der Waals surface area contributed by atoms with E-state index >= 15 is 0 Å². The van der Waals surface area contributed by atoms with Gasteiger partial charge in [-0.25, -0.2) is 0 Å². The van der Waals surface area contributed by atoms with Gasteiger partial charge in [0.1, 0.15) is 0 Å². The molecule has 0 aromatic heterocycles. The number of hydrogen-bond donors (Lipinski definition) is 1. The summed E-state index contributed by atoms with van der Waals surface area (Å²) in [6.45, 7) is 12.2. The second-order valence-electron chi connectivity index (χ2n) is 8.08. The second-order valence-corrected chi connectivity index (χ2v) is 8.08. The molecule has 1 N–H and O–H groups in total. The third kappa shape index (κ3) is 3.74. The first-order chi connectivity index (χ1) is 9.03. The summed E-state index contributed by atoms with van der Waals surface area (Å²) in [5.41, 5.74) is 0.694. The van der Waals surface area contributed by atoms with Crippen molar-refractivity contribution in [3.63, 3.8) is 0 Å². The monoisotopic (exact) mass is 265 g/mol. The molecule has 1 nitrogen and oxygen atoms in total. The molecule has 1 aliphatic carbocycles. The lowest BCUT2D eigenvalue weighted by molar-refractivity contribution is 0.0686. The van der Waals surface area contributed by atoms with E-state index in [1.54, 1.807) is 0 Å². The zero-order chi connectivity index (χ0) is 13.9. The molecule has 2 aliphatic rings. The Morgan fingerprint density at radius 2 is 1.84 bits per heavy atom. The summed E-state index contributed by atoms with van der Waals surface area (Å²) in [6, 6.07) is 0. The summed E-state index contributed by atoms with van der Waals surface area (Å²) >= 11 is 0. The smallest absolute Gasteiger partial charge is 0.00151 e. The summed E-state index contributed by atoms with van der Waals surface area (Å²) < 4.78 is 0. The Labute approximate surface area is 120 Å². The van der Waals surface area contributed by atoms with Gasteiger partial charge in [0, 0.05) is 0 Å². The fourth-order valence-electron chi connectivity index (χ4n) is 4.72. The predicted octanol–water partition coefficient (Wildman–Crippen LogP) is 4.86. The van der Waals surface area contributed by atoms with Crippen LogP contribution in [0.25, 0.3) is 0 Å². The lowest BCUT2D eigenvalue weighted by Gasteiger charge is -2.45. The normalized spacial score (nSPS) is 36.9. The third-order valence-corrected chi connectivity index (χ3v) is 6.02. The molecule has 2 rings (SSSR count). The van der Waals surface area contributed by atoms with Crippen molar-refractivity contribution in [2.45, 2.75) is 72.6 Å². The van der Waals surface area contributed by atoms with Gasteiger partial charge in [-0.15, -0.1) is 0 Å². The molecule has 1 heterocycles. The fraction of sp³-hybridized carbons (Fsp3) is 1.00. The second kappa shape index (κ2) is 6.61. The van der Waals surface area contributed by atoms with Gasteiger partial charge in [-0.05, 0) is 74.3 Å². The van der Waals surface area contributed by atoms with Gasteiger partial charge in [0.05, 0.1) is 0 Å². The number of nitrogens with one attached hydrogen (secondary N) is 1. The molecule has 3 atom stereocenters. The summed E-state index contributed by atoms with van der Waals surface area (Å²) in [4.78, 5) is 0. The van der Waals surface area contributed by atoms with Crippen LogP contribution in [0.5, 0.6) is 0 Å². The Morgan fingerprint density at radius 3 is 2.53 bits per heavy atom. The maximum Gasteiger partial charge on any atom is -0.00151 e. The van der Waals surface area contributed by atoms with Crippen molar-refractivity contribution in [1.82, 2.24) is 5.32 Å². The maximum atomic E-state index is 3.67. The summed E-state index contributed by atoms with van der Waals surface area (Å²) in [5.74, 6) is 3.67. The van der Waals surface area contributed by atoms with E-state index in [4.69, 9.17) is 0 Å². The van der Waals surface area contributed by atoms with Crippen LogP contribution >= 0.6 is 0 Å². The first-order valence-corrected chi connectivity index (χ1v) is 8.74. The van der Waals surface area contributed by atoms with Crippen molar-refractivity contribution < 1.29 is 0 Å². The highest BCUT2D eigenvalue weighted by molar-refractivity contribution is 4.94. The first kappa shape index (κ1) is 15.4. The van der Waals surface area contributed by atoms with E-state index in [1.807, 2.05) is 0 Å². The summed E-state index contributed by atoms with van der Waals surface area (Å²) in [7, 11) is 0. The van der Waals surface area contributed by atoms with E-state index < -0.39 is 0 Å². The minimum atomic E-state index is 0.694. The van der Waals surface area contributed by atoms with Gasteiger partial charge in [0.2, 0.25) is 0 Å². The quantitative estimate of drug-likeness (QED) is 0.768. The molecule has 1 heteroatoms. The van der Waals surface area contributed by atoms with Crippen LogP contribution in [0.1, 0.15) is 72.6 Å². The molecule has 1 spiro atoms. The molecule has 0 aromatic carbocycles. The van der Waals surface area contributed by atoms with Crippen LogP contribution in [0, 0.1) is 29.1 Å². The Bertz CT molecular complexity index is 271. The van der Waals surface area contributed by atoms with Crippen LogP contribution in [0.15, 0.2) is 0 Å². The van der Waals surface area contributed by atoms with Crippen LogP contribution in [0.4, 0.5) is 0 Å². The predicted molar refractivity (Wildman–Crippen MR) is 84.3 cm³/mol. The topological polar surface area (TPSA) is 12.0 Å². The molecule has 0 amide bonds. The molecule has 112 valence electrons. The molecule has 1 aliphatic heterocycles. The summed E-state index contributed by atoms with van der Waals surface area (Å²) in [6.07, 6.45) is 10.4. The van der Waals surface area contributed by atoms with Crippen LogP contribution in [-0.2, 0) is 0 Å². The fourth-order valence-corrected chi connectivity index (χ4v) is 4.72. The largest absolute Gasteiger partial charge is 0.316 e. The molecular formula is C18H35N. The van der Waals surface area contributed by atoms with E-state index in [0.29, 0.717) is 5.41 Å². The van der Waals surface area contributed by atoms with Crippen molar-refractivity contribution in [3.05, 3.63) is 0 Å². The van der Waals surface area contributed by atoms with Crippen LogP contribution in [-0.4, -0.2) is 13.1 Å². The van der Waals surface area contributed by atoms with Gasteiger partial charge in [0.25, 0.3) is 0 Å². The number of piperidine rings is 1. The highest BCUT2D eigenvalue weighted by Crippen LogP contribution is 2.49. The lowest BCUT2D eigenvalue weighted by Crippen LogP contribution is -2.45. The maximum absolute atomic E-state index is 3.67. The minimum Gasteiger partial charge on any atom is -0.316 e. The van der Waals surface area contributed by atoms with Gasteiger partial charge >= 0.3 is 0 Å². The van der Waals surface area contributed by atoms with Crippen LogP contribution in [0.2, 0.25) is 0 Å². The average Bonchev–Trinajstić information content (AvgIpc) is 2.55. The Balaban J connectivity index is 2.05. The van der Waals surface area contributed by atoms with Crippen molar-refractivity contribution in [2.75, 3.05) is 13.1 Å². The molecule has 2 fully saturated rings. The lowest BCUT2D eigenvalue weighted by atomic mass is 9.63. The average molecular weight is 265 g/mol. The molecule has 19 heavy (non-hydrogen) atoms. The SMILES string of the molecule is CC(C)CC1CNCCC12CCCC(C(C)C)CC2. The molecule has 0 radical (unpaired) electrons. The third-order valence-electron chi connectivity index (χ3n) is 6.02. The van der Waals surface area contributed by atoms with Crippen molar-refractivity contribution in [2.24, 2.45) is 29.1 Å². The highest BCUT2D eigenvalue weighted by Gasteiger charge is 2.41. The van der Waals surface area contributed by atoms with Crippen molar-refractivity contribution in [3.8, 4) is 0 Å². The Kier molecular flexibility index (Phi) is 5.34. The first-order valence-electron chi connectivity index (χ1n) is 8.74. The van der Waals surface area contributed by atoms with Gasteiger partial charge in [0.15, 0.2) is 0 Å². The standard InChI is InChI=1S/C18H35N/c1-14(2)12-17-13-19-11-10-18(17)8-5-6-16(7-9-18)15(3)4/h14-17,19H,5-13H2,1-4H3. The molecule has 0 bridgehead atoms. The van der Waals surface area contributed by atoms with E-state index in [2.05, 4.69) is 33.0 Å². The summed E-state index contributed by atoms with van der Waals surface area (Å²) in [5, 5.41) is 3.67. The van der Waals surface area contributed by atoms with Gasteiger partial charge < -0.3 is 5.32 Å². The van der Waals surface area contributed by atoms with E-state index in [0.717, 1.165) is 23.7 Å². The van der Waals surface area contributed by atoms with Crippen molar-refractivity contribution >= 4 is 0 Å². The minimum absolute atomic E-state index is 0.694. The Hall–Kier alpha value is -0.0400. The zero-order valence-corrected chi connectivity index (χ0v) is 13.7. The van der Waals surface area contributed by atoms with E-state index in [-0.39, 0.29) is 0 Å². The van der Waals surface area contributed by atoms with Gasteiger partial charge in [-0.1, -0.05) is 40.5 Å². The number of rotatable bonds is 3. The van der Waals surface area contributed by atoms with Gasteiger partial charge in [-0.2, -0.15) is 0 Å². The molecule has 0 aromatic rings. The highest BCUT2D eigenvalue weighted by atomic mass is 14.9. The molecule has 1 saturated heterocycles. The van der Waals surface area contributed by atoms with E-state index in [1.165, 1.54) is 58.0 Å². The molecule has 1 saturated carbocycles. The van der Waals surface area contributed by atoms with E-state index in [9.17, 15) is 0 Å².